The SMILES string of the molecule is CCCCC(C(=O)OC)C(C)(O)CCc1ccccc1. The number of rotatable bonds is 8. The van der Waals surface area contributed by atoms with Crippen molar-refractivity contribution in [3.8, 4) is 0 Å². The van der Waals surface area contributed by atoms with E-state index in [4.69, 9.17) is 4.74 Å². The average molecular weight is 278 g/mol. The van der Waals surface area contributed by atoms with Crippen molar-refractivity contribution in [3.05, 3.63) is 35.9 Å². The Morgan fingerprint density at radius 2 is 2.00 bits per heavy atom. The van der Waals surface area contributed by atoms with Crippen molar-refractivity contribution in [3.63, 3.8) is 0 Å². The van der Waals surface area contributed by atoms with E-state index in [0.29, 0.717) is 12.8 Å². The lowest BCUT2D eigenvalue weighted by atomic mass is 9.81. The molecule has 1 N–H and O–H groups in total. The van der Waals surface area contributed by atoms with Crippen LogP contribution >= 0.6 is 0 Å². The average Bonchev–Trinajstić information content (AvgIpc) is 2.46. The zero-order valence-corrected chi connectivity index (χ0v) is 12.8. The van der Waals surface area contributed by atoms with Gasteiger partial charge in [-0.15, -0.1) is 0 Å². The largest absolute Gasteiger partial charge is 0.469 e. The number of hydrogen-bond acceptors (Lipinski definition) is 3. The summed E-state index contributed by atoms with van der Waals surface area (Å²) < 4.78 is 4.85. The third kappa shape index (κ3) is 4.97. The minimum Gasteiger partial charge on any atom is -0.469 e. The molecule has 0 aliphatic heterocycles. The predicted molar refractivity (Wildman–Crippen MR) is 80.4 cm³/mol. The smallest absolute Gasteiger partial charge is 0.311 e. The third-order valence-electron chi connectivity index (χ3n) is 3.85. The Kier molecular flexibility index (Phi) is 6.73. The van der Waals surface area contributed by atoms with Crippen molar-refractivity contribution < 1.29 is 14.6 Å². The highest BCUT2D eigenvalue weighted by Crippen LogP contribution is 2.28. The van der Waals surface area contributed by atoms with E-state index < -0.39 is 11.5 Å². The van der Waals surface area contributed by atoms with E-state index in [9.17, 15) is 9.90 Å². The van der Waals surface area contributed by atoms with Gasteiger partial charge in [-0.05, 0) is 31.7 Å². The highest BCUT2D eigenvalue weighted by atomic mass is 16.5. The molecule has 3 heteroatoms. The molecule has 1 rings (SSSR count). The lowest BCUT2D eigenvalue weighted by Crippen LogP contribution is -2.40. The fraction of sp³-hybridized carbons (Fsp3) is 0.588. The minimum absolute atomic E-state index is 0.309. The van der Waals surface area contributed by atoms with Crippen LogP contribution in [0.4, 0.5) is 0 Å². The first-order valence-electron chi connectivity index (χ1n) is 7.35. The van der Waals surface area contributed by atoms with Crippen molar-refractivity contribution in [2.75, 3.05) is 7.11 Å². The molecule has 2 unspecified atom stereocenters. The van der Waals surface area contributed by atoms with Crippen LogP contribution in [0.3, 0.4) is 0 Å². The van der Waals surface area contributed by atoms with Gasteiger partial charge in [-0.25, -0.2) is 0 Å². The zero-order valence-electron chi connectivity index (χ0n) is 12.8. The van der Waals surface area contributed by atoms with Crippen LogP contribution in [-0.4, -0.2) is 23.8 Å². The summed E-state index contributed by atoms with van der Waals surface area (Å²) in [6.45, 7) is 3.82. The van der Waals surface area contributed by atoms with Crippen LogP contribution in [0.5, 0.6) is 0 Å². The molecule has 0 saturated carbocycles. The van der Waals surface area contributed by atoms with Gasteiger partial charge < -0.3 is 9.84 Å². The number of carbonyl (C=O) groups excluding carboxylic acids is 1. The monoisotopic (exact) mass is 278 g/mol. The van der Waals surface area contributed by atoms with Gasteiger partial charge in [0.15, 0.2) is 0 Å². The molecule has 0 heterocycles. The highest BCUT2D eigenvalue weighted by molar-refractivity contribution is 5.73. The molecular formula is C17H26O3. The van der Waals surface area contributed by atoms with Crippen LogP contribution in [0, 0.1) is 5.92 Å². The molecule has 0 aliphatic carbocycles. The van der Waals surface area contributed by atoms with Gasteiger partial charge in [0.2, 0.25) is 0 Å². The van der Waals surface area contributed by atoms with Crippen LogP contribution in [-0.2, 0) is 16.0 Å². The van der Waals surface area contributed by atoms with Crippen molar-refractivity contribution in [1.29, 1.82) is 0 Å². The second-order valence-corrected chi connectivity index (χ2v) is 5.56. The first-order chi connectivity index (χ1) is 9.51. The fourth-order valence-corrected chi connectivity index (χ4v) is 2.45. The molecule has 1 aromatic carbocycles. The molecule has 0 aromatic heterocycles. The Balaban J connectivity index is 2.68. The summed E-state index contributed by atoms with van der Waals surface area (Å²) >= 11 is 0. The summed E-state index contributed by atoms with van der Waals surface area (Å²) in [5.74, 6) is -0.757. The maximum Gasteiger partial charge on any atom is 0.311 e. The van der Waals surface area contributed by atoms with E-state index in [2.05, 4.69) is 6.92 Å². The van der Waals surface area contributed by atoms with E-state index in [1.54, 1.807) is 6.92 Å². The van der Waals surface area contributed by atoms with Crippen LogP contribution in [0.2, 0.25) is 0 Å². The molecule has 0 saturated heterocycles. The van der Waals surface area contributed by atoms with Gasteiger partial charge in [0.25, 0.3) is 0 Å². The number of hydrogen-bond donors (Lipinski definition) is 1. The maximum absolute atomic E-state index is 11.9. The number of aliphatic hydroxyl groups is 1. The molecule has 3 nitrogen and oxygen atoms in total. The topological polar surface area (TPSA) is 46.5 Å². The number of benzene rings is 1. The van der Waals surface area contributed by atoms with Crippen molar-refractivity contribution in [2.45, 2.75) is 51.6 Å². The lowest BCUT2D eigenvalue weighted by Gasteiger charge is -2.31. The van der Waals surface area contributed by atoms with Gasteiger partial charge in [-0.1, -0.05) is 50.1 Å². The number of aryl methyl sites for hydroxylation is 1. The second-order valence-electron chi connectivity index (χ2n) is 5.56. The molecule has 0 radical (unpaired) electrons. The Morgan fingerprint density at radius 1 is 1.35 bits per heavy atom. The van der Waals surface area contributed by atoms with E-state index in [1.807, 2.05) is 30.3 Å². The van der Waals surface area contributed by atoms with Crippen molar-refractivity contribution in [2.24, 2.45) is 5.92 Å². The number of methoxy groups -OCH3 is 1. The number of ether oxygens (including phenoxy) is 1. The van der Waals surface area contributed by atoms with Gasteiger partial charge >= 0.3 is 5.97 Å². The summed E-state index contributed by atoms with van der Waals surface area (Å²) in [5.41, 5.74) is 0.143. The van der Waals surface area contributed by atoms with Crippen LogP contribution in [0.1, 0.15) is 45.1 Å². The minimum atomic E-state index is -1.03. The predicted octanol–water partition coefficient (Wildman–Crippen LogP) is 3.35. The maximum atomic E-state index is 11.9. The normalized spacial score (nSPS) is 15.4. The molecule has 0 spiro atoms. The van der Waals surface area contributed by atoms with Gasteiger partial charge in [-0.3, -0.25) is 4.79 Å². The van der Waals surface area contributed by atoms with Crippen molar-refractivity contribution in [1.82, 2.24) is 0 Å². The summed E-state index contributed by atoms with van der Waals surface area (Å²) in [5, 5.41) is 10.7. The van der Waals surface area contributed by atoms with E-state index in [-0.39, 0.29) is 5.97 Å². The lowest BCUT2D eigenvalue weighted by molar-refractivity contribution is -0.155. The highest BCUT2D eigenvalue weighted by Gasteiger charge is 2.37. The molecule has 2 atom stereocenters. The van der Waals surface area contributed by atoms with Gasteiger partial charge in [-0.2, -0.15) is 0 Å². The summed E-state index contributed by atoms with van der Waals surface area (Å²) in [7, 11) is 1.38. The van der Waals surface area contributed by atoms with Crippen LogP contribution in [0.25, 0.3) is 0 Å². The number of carbonyl (C=O) groups is 1. The molecule has 1 aromatic rings. The van der Waals surface area contributed by atoms with Crippen LogP contribution in [0.15, 0.2) is 30.3 Å². The molecule has 0 bridgehead atoms. The standard InChI is InChI=1S/C17H26O3/c1-4-5-11-15(16(18)20-3)17(2,19)13-12-14-9-7-6-8-10-14/h6-10,15,19H,4-5,11-13H2,1-3H3. The third-order valence-corrected chi connectivity index (χ3v) is 3.85. The fourth-order valence-electron chi connectivity index (χ4n) is 2.45. The molecule has 112 valence electrons. The van der Waals surface area contributed by atoms with E-state index in [0.717, 1.165) is 19.3 Å². The molecule has 0 fully saturated rings. The van der Waals surface area contributed by atoms with Gasteiger partial charge in [0, 0.05) is 0 Å². The van der Waals surface area contributed by atoms with Gasteiger partial charge in [0.05, 0.1) is 18.6 Å². The Labute approximate surface area is 122 Å². The first kappa shape index (κ1) is 16.7. The first-order valence-corrected chi connectivity index (χ1v) is 7.35. The molecular weight excluding hydrogens is 252 g/mol. The van der Waals surface area contributed by atoms with Gasteiger partial charge in [0.1, 0.15) is 0 Å². The van der Waals surface area contributed by atoms with Crippen LogP contribution < -0.4 is 0 Å². The zero-order chi connectivity index (χ0) is 15.0. The summed E-state index contributed by atoms with van der Waals surface area (Å²) in [4.78, 5) is 11.9. The summed E-state index contributed by atoms with van der Waals surface area (Å²) in [6, 6.07) is 10.0. The summed E-state index contributed by atoms with van der Waals surface area (Å²) in [6.07, 6.45) is 3.91. The Morgan fingerprint density at radius 3 is 2.55 bits per heavy atom. The van der Waals surface area contributed by atoms with E-state index >= 15 is 0 Å². The quantitative estimate of drug-likeness (QED) is 0.742. The Hall–Kier alpha value is -1.35. The molecule has 0 amide bonds. The number of esters is 1. The van der Waals surface area contributed by atoms with E-state index in [1.165, 1.54) is 12.7 Å². The van der Waals surface area contributed by atoms with Crippen molar-refractivity contribution >= 4 is 5.97 Å². The number of unbranched alkanes of at least 4 members (excludes halogenated alkanes) is 1. The Bertz CT molecular complexity index is 398. The molecule has 0 aliphatic rings. The second kappa shape index (κ2) is 8.05. The molecule has 20 heavy (non-hydrogen) atoms.